The molecule has 0 fully saturated rings. The molecule has 0 amide bonds. The van der Waals surface area contributed by atoms with Gasteiger partial charge in [-0.25, -0.2) is 0 Å². The van der Waals surface area contributed by atoms with E-state index in [1.807, 2.05) is 0 Å². The Morgan fingerprint density at radius 1 is 0.800 bits per heavy atom. The summed E-state index contributed by atoms with van der Waals surface area (Å²) in [6, 6.07) is 0. The topological polar surface area (TPSA) is 0 Å². The minimum atomic E-state index is 0.547. The van der Waals surface area contributed by atoms with E-state index in [1.165, 1.54) is 44.9 Å². The Kier molecular flexibility index (Phi) is 9.85. The summed E-state index contributed by atoms with van der Waals surface area (Å²) in [7, 11) is 0. The number of rotatable bonds is 11. The molecule has 0 spiro atoms. The molecule has 0 aliphatic rings. The zero-order valence-corrected chi connectivity index (χ0v) is 15.8. The fourth-order valence-electron chi connectivity index (χ4n) is 3.65. The first kappa shape index (κ1) is 20.0. The summed E-state index contributed by atoms with van der Waals surface area (Å²) in [4.78, 5) is 0. The zero-order chi connectivity index (χ0) is 15.8. The number of hydrogen-bond donors (Lipinski definition) is 0. The summed E-state index contributed by atoms with van der Waals surface area (Å²) in [5.74, 6) is 3.58. The van der Waals surface area contributed by atoms with Crippen LogP contribution < -0.4 is 0 Å². The summed E-state index contributed by atoms with van der Waals surface area (Å²) < 4.78 is 0. The molecule has 3 unspecified atom stereocenters. The van der Waals surface area contributed by atoms with Gasteiger partial charge in [0.05, 0.1) is 0 Å². The van der Waals surface area contributed by atoms with Gasteiger partial charge in [0.25, 0.3) is 0 Å². The van der Waals surface area contributed by atoms with Crippen molar-refractivity contribution in [1.82, 2.24) is 0 Å². The first-order chi connectivity index (χ1) is 9.27. The second-order valence-corrected chi connectivity index (χ2v) is 8.23. The van der Waals surface area contributed by atoms with Crippen LogP contribution in [0.25, 0.3) is 0 Å². The molecule has 3 atom stereocenters. The van der Waals surface area contributed by atoms with Gasteiger partial charge in [-0.05, 0) is 48.3 Å². The predicted molar refractivity (Wildman–Crippen MR) is 94.1 cm³/mol. The largest absolute Gasteiger partial charge is 0.0654 e. The van der Waals surface area contributed by atoms with Gasteiger partial charge in [0, 0.05) is 0 Å². The molecule has 0 heterocycles. The lowest BCUT2D eigenvalue weighted by molar-refractivity contribution is 0.184. The molecule has 0 bridgehead atoms. The standard InChI is InChI=1S/C20H42/c1-9-13-20(7,8)14-12-16(4)15-19(17(5)10-2)18(6)11-3/h16-19H,9-15H2,1-8H3. The maximum atomic E-state index is 2.49. The van der Waals surface area contributed by atoms with Gasteiger partial charge >= 0.3 is 0 Å². The first-order valence-corrected chi connectivity index (χ1v) is 9.27. The summed E-state index contributed by atoms with van der Waals surface area (Å²) in [6.45, 7) is 19.3. The van der Waals surface area contributed by atoms with Crippen LogP contribution in [-0.4, -0.2) is 0 Å². The third-order valence-electron chi connectivity index (χ3n) is 5.66. The second-order valence-electron chi connectivity index (χ2n) is 8.23. The van der Waals surface area contributed by atoms with Gasteiger partial charge in [0.2, 0.25) is 0 Å². The van der Waals surface area contributed by atoms with E-state index < -0.39 is 0 Å². The molecule has 0 saturated carbocycles. The smallest absolute Gasteiger partial charge is 0.0354 e. The van der Waals surface area contributed by atoms with Crippen molar-refractivity contribution in [2.45, 2.75) is 100 Å². The summed E-state index contributed by atoms with van der Waals surface area (Å²) in [5.41, 5.74) is 0.547. The van der Waals surface area contributed by atoms with Crippen LogP contribution >= 0.6 is 0 Å². The van der Waals surface area contributed by atoms with E-state index in [9.17, 15) is 0 Å². The molecule has 0 aliphatic heterocycles. The van der Waals surface area contributed by atoms with E-state index in [0.717, 1.165) is 23.7 Å². The second kappa shape index (κ2) is 9.85. The molecule has 20 heavy (non-hydrogen) atoms. The Hall–Kier alpha value is 0. The van der Waals surface area contributed by atoms with Gasteiger partial charge < -0.3 is 0 Å². The van der Waals surface area contributed by atoms with Crippen molar-refractivity contribution in [2.75, 3.05) is 0 Å². The van der Waals surface area contributed by atoms with E-state index in [0.29, 0.717) is 5.41 Å². The van der Waals surface area contributed by atoms with E-state index in [4.69, 9.17) is 0 Å². The van der Waals surface area contributed by atoms with E-state index in [2.05, 4.69) is 55.4 Å². The normalized spacial score (nSPS) is 18.6. The van der Waals surface area contributed by atoms with Gasteiger partial charge in [-0.1, -0.05) is 81.1 Å². The van der Waals surface area contributed by atoms with Crippen LogP contribution in [-0.2, 0) is 0 Å². The van der Waals surface area contributed by atoms with Gasteiger partial charge in [-0.2, -0.15) is 0 Å². The monoisotopic (exact) mass is 282 g/mol. The molecule has 0 rings (SSSR count). The van der Waals surface area contributed by atoms with Gasteiger partial charge in [0.15, 0.2) is 0 Å². The Balaban J connectivity index is 4.35. The van der Waals surface area contributed by atoms with Crippen LogP contribution in [0.3, 0.4) is 0 Å². The maximum Gasteiger partial charge on any atom is -0.0354 e. The predicted octanol–water partition coefficient (Wildman–Crippen LogP) is 7.33. The van der Waals surface area contributed by atoms with Crippen molar-refractivity contribution in [2.24, 2.45) is 29.1 Å². The van der Waals surface area contributed by atoms with Crippen LogP contribution in [0.1, 0.15) is 100 Å². The molecular weight excluding hydrogens is 240 g/mol. The lowest BCUT2D eigenvalue weighted by Crippen LogP contribution is -2.22. The SMILES string of the molecule is CCCC(C)(C)CCC(C)CC(C(C)CC)C(C)CC. The Bertz CT molecular complexity index is 218. The van der Waals surface area contributed by atoms with Crippen LogP contribution in [0.2, 0.25) is 0 Å². The molecule has 0 aromatic carbocycles. The highest BCUT2D eigenvalue weighted by atomic mass is 14.3. The van der Waals surface area contributed by atoms with E-state index >= 15 is 0 Å². The zero-order valence-electron chi connectivity index (χ0n) is 15.8. The average molecular weight is 283 g/mol. The lowest BCUT2D eigenvalue weighted by atomic mass is 9.73. The Labute approximate surface area is 130 Å². The van der Waals surface area contributed by atoms with Crippen molar-refractivity contribution >= 4 is 0 Å². The van der Waals surface area contributed by atoms with Crippen molar-refractivity contribution < 1.29 is 0 Å². The molecule has 0 aliphatic carbocycles. The van der Waals surface area contributed by atoms with Crippen molar-refractivity contribution in [3.63, 3.8) is 0 Å². The van der Waals surface area contributed by atoms with Crippen LogP contribution in [0.4, 0.5) is 0 Å². The fraction of sp³-hybridized carbons (Fsp3) is 1.00. The Morgan fingerprint density at radius 3 is 1.70 bits per heavy atom. The molecular formula is C20H42. The molecule has 0 radical (unpaired) electrons. The molecule has 0 N–H and O–H groups in total. The van der Waals surface area contributed by atoms with Crippen LogP contribution in [0, 0.1) is 29.1 Å². The molecule has 0 nitrogen and oxygen atoms in total. The summed E-state index contributed by atoms with van der Waals surface area (Å²) >= 11 is 0. The third-order valence-corrected chi connectivity index (χ3v) is 5.66. The fourth-order valence-corrected chi connectivity index (χ4v) is 3.65. The molecule has 122 valence electrons. The highest BCUT2D eigenvalue weighted by Gasteiger charge is 2.25. The minimum absolute atomic E-state index is 0.547. The minimum Gasteiger partial charge on any atom is -0.0654 e. The highest BCUT2D eigenvalue weighted by molar-refractivity contribution is 4.75. The van der Waals surface area contributed by atoms with Crippen molar-refractivity contribution in [3.05, 3.63) is 0 Å². The molecule has 0 aromatic rings. The first-order valence-electron chi connectivity index (χ1n) is 9.27. The van der Waals surface area contributed by atoms with E-state index in [1.54, 1.807) is 0 Å². The summed E-state index contributed by atoms with van der Waals surface area (Å²) in [5, 5.41) is 0. The maximum absolute atomic E-state index is 2.49. The van der Waals surface area contributed by atoms with Gasteiger partial charge in [-0.3, -0.25) is 0 Å². The molecule has 0 aromatic heterocycles. The molecule has 0 heteroatoms. The van der Waals surface area contributed by atoms with Crippen molar-refractivity contribution in [3.8, 4) is 0 Å². The van der Waals surface area contributed by atoms with Crippen LogP contribution in [0.15, 0.2) is 0 Å². The average Bonchev–Trinajstić information content (AvgIpc) is 2.41. The summed E-state index contributed by atoms with van der Waals surface area (Å²) in [6.07, 6.45) is 9.62. The van der Waals surface area contributed by atoms with Gasteiger partial charge in [-0.15, -0.1) is 0 Å². The highest BCUT2D eigenvalue weighted by Crippen LogP contribution is 2.35. The quantitative estimate of drug-likeness (QED) is 0.372. The third kappa shape index (κ3) is 7.70. The van der Waals surface area contributed by atoms with Crippen molar-refractivity contribution in [1.29, 1.82) is 0 Å². The van der Waals surface area contributed by atoms with Crippen LogP contribution in [0.5, 0.6) is 0 Å². The lowest BCUT2D eigenvalue weighted by Gasteiger charge is -2.32. The molecule has 0 saturated heterocycles. The Morgan fingerprint density at radius 2 is 1.30 bits per heavy atom. The van der Waals surface area contributed by atoms with E-state index in [-0.39, 0.29) is 0 Å². The van der Waals surface area contributed by atoms with Gasteiger partial charge in [0.1, 0.15) is 0 Å². The number of hydrogen-bond acceptors (Lipinski definition) is 0.